The van der Waals surface area contributed by atoms with E-state index in [9.17, 15) is 4.79 Å². The van der Waals surface area contributed by atoms with Gasteiger partial charge in [-0.05, 0) is 19.9 Å². The van der Waals surface area contributed by atoms with Crippen LogP contribution in [0.5, 0.6) is 0 Å². The second kappa shape index (κ2) is 2.74. The molecule has 1 aromatic rings. The summed E-state index contributed by atoms with van der Waals surface area (Å²) in [6.45, 7) is 3.80. The molecule has 0 spiro atoms. The number of hydrogen-bond acceptors (Lipinski definition) is 2. The van der Waals surface area contributed by atoms with Crippen LogP contribution in [0.25, 0.3) is 0 Å². The highest BCUT2D eigenvalue weighted by atomic mass is 16.6. The second-order valence-electron chi connectivity index (χ2n) is 3.95. The Hall–Kier alpha value is -1.51. The Bertz CT molecular complexity index is 385. The molecule has 1 heterocycles. The standard InChI is InChI=1S/C11H13NO2/c1-11(2)8-6-4-5-7-9(8)12(3)10(13)14-11/h4-7H,1-3H3. The predicted molar refractivity (Wildman–Crippen MR) is 54.4 cm³/mol. The van der Waals surface area contributed by atoms with Crippen LogP contribution in [0.1, 0.15) is 19.4 Å². The van der Waals surface area contributed by atoms with Crippen molar-refractivity contribution < 1.29 is 9.53 Å². The van der Waals surface area contributed by atoms with Crippen LogP contribution in [0, 0.1) is 0 Å². The normalized spacial score (nSPS) is 18.8. The Labute approximate surface area is 83.3 Å². The van der Waals surface area contributed by atoms with Crippen molar-refractivity contribution in [2.24, 2.45) is 0 Å². The van der Waals surface area contributed by atoms with Gasteiger partial charge >= 0.3 is 6.09 Å². The molecule has 1 aromatic carbocycles. The molecule has 14 heavy (non-hydrogen) atoms. The first-order valence-electron chi connectivity index (χ1n) is 4.58. The molecule has 0 unspecified atom stereocenters. The van der Waals surface area contributed by atoms with Gasteiger partial charge in [0.15, 0.2) is 0 Å². The van der Waals surface area contributed by atoms with Crippen molar-refractivity contribution in [1.82, 2.24) is 0 Å². The summed E-state index contributed by atoms with van der Waals surface area (Å²) in [6.07, 6.45) is -0.297. The van der Waals surface area contributed by atoms with Gasteiger partial charge in [-0.2, -0.15) is 0 Å². The molecule has 0 aliphatic carbocycles. The molecule has 2 rings (SSSR count). The van der Waals surface area contributed by atoms with E-state index < -0.39 is 5.60 Å². The lowest BCUT2D eigenvalue weighted by molar-refractivity contribution is 0.0362. The molecule has 74 valence electrons. The number of carbonyl (C=O) groups excluding carboxylic acids is 1. The smallest absolute Gasteiger partial charge is 0.414 e. The van der Waals surface area contributed by atoms with Gasteiger partial charge in [-0.1, -0.05) is 18.2 Å². The molecule has 0 N–H and O–H groups in total. The average molecular weight is 191 g/mol. The summed E-state index contributed by atoms with van der Waals surface area (Å²) in [5.74, 6) is 0. The van der Waals surface area contributed by atoms with Gasteiger partial charge in [0, 0.05) is 12.6 Å². The van der Waals surface area contributed by atoms with Crippen molar-refractivity contribution in [2.75, 3.05) is 11.9 Å². The summed E-state index contributed by atoms with van der Waals surface area (Å²) in [4.78, 5) is 13.0. The fourth-order valence-corrected chi connectivity index (χ4v) is 1.72. The van der Waals surface area contributed by atoms with E-state index in [1.165, 1.54) is 4.90 Å². The largest absolute Gasteiger partial charge is 0.438 e. The monoisotopic (exact) mass is 191 g/mol. The van der Waals surface area contributed by atoms with Gasteiger partial charge in [0.05, 0.1) is 5.69 Å². The molecule has 1 aliphatic heterocycles. The second-order valence-corrected chi connectivity index (χ2v) is 3.95. The van der Waals surface area contributed by atoms with E-state index in [4.69, 9.17) is 4.74 Å². The van der Waals surface area contributed by atoms with Gasteiger partial charge in [-0.25, -0.2) is 4.79 Å². The first-order chi connectivity index (χ1) is 6.52. The van der Waals surface area contributed by atoms with Crippen molar-refractivity contribution >= 4 is 11.8 Å². The topological polar surface area (TPSA) is 29.5 Å². The van der Waals surface area contributed by atoms with Crippen molar-refractivity contribution in [3.05, 3.63) is 29.8 Å². The maximum Gasteiger partial charge on any atom is 0.414 e. The van der Waals surface area contributed by atoms with Gasteiger partial charge in [0.25, 0.3) is 0 Å². The molecule has 0 saturated heterocycles. The summed E-state index contributed by atoms with van der Waals surface area (Å²) < 4.78 is 5.30. The number of rotatable bonds is 0. The number of carbonyl (C=O) groups is 1. The van der Waals surface area contributed by atoms with E-state index in [0.29, 0.717) is 0 Å². The molecule has 3 heteroatoms. The van der Waals surface area contributed by atoms with E-state index in [1.807, 2.05) is 38.1 Å². The Morgan fingerprint density at radius 2 is 1.93 bits per heavy atom. The minimum absolute atomic E-state index is 0.297. The van der Waals surface area contributed by atoms with Crippen LogP contribution >= 0.6 is 0 Å². The lowest BCUT2D eigenvalue weighted by Gasteiger charge is -2.36. The molecule has 0 radical (unpaired) electrons. The quantitative estimate of drug-likeness (QED) is 0.630. The van der Waals surface area contributed by atoms with E-state index >= 15 is 0 Å². The molecule has 1 amide bonds. The molecule has 0 bridgehead atoms. The molecule has 3 nitrogen and oxygen atoms in total. The Morgan fingerprint density at radius 3 is 2.64 bits per heavy atom. The number of anilines is 1. The number of amides is 1. The van der Waals surface area contributed by atoms with Crippen molar-refractivity contribution in [2.45, 2.75) is 19.4 Å². The van der Waals surface area contributed by atoms with Gasteiger partial charge in [-0.15, -0.1) is 0 Å². The van der Waals surface area contributed by atoms with Crippen LogP contribution in [-0.2, 0) is 10.3 Å². The Morgan fingerprint density at radius 1 is 1.29 bits per heavy atom. The Kier molecular flexibility index (Phi) is 1.77. The van der Waals surface area contributed by atoms with Gasteiger partial charge < -0.3 is 4.74 Å². The van der Waals surface area contributed by atoms with Crippen LogP contribution in [0.15, 0.2) is 24.3 Å². The van der Waals surface area contributed by atoms with Crippen LogP contribution in [0.2, 0.25) is 0 Å². The van der Waals surface area contributed by atoms with Crippen LogP contribution in [0.4, 0.5) is 10.5 Å². The van der Waals surface area contributed by atoms with Crippen LogP contribution in [-0.4, -0.2) is 13.1 Å². The average Bonchev–Trinajstić information content (AvgIpc) is 2.14. The SMILES string of the molecule is CN1C(=O)OC(C)(C)c2ccccc21. The highest BCUT2D eigenvalue weighted by molar-refractivity contribution is 5.90. The van der Waals surface area contributed by atoms with Crippen molar-refractivity contribution in [1.29, 1.82) is 0 Å². The third kappa shape index (κ3) is 1.16. The van der Waals surface area contributed by atoms with Crippen LogP contribution < -0.4 is 4.90 Å². The minimum Gasteiger partial charge on any atom is -0.438 e. The number of benzene rings is 1. The van der Waals surface area contributed by atoms with E-state index in [1.54, 1.807) is 7.05 Å². The fourth-order valence-electron chi connectivity index (χ4n) is 1.72. The lowest BCUT2D eigenvalue weighted by Crippen LogP contribution is -2.41. The van der Waals surface area contributed by atoms with Gasteiger partial charge in [0.1, 0.15) is 5.60 Å². The molecular weight excluding hydrogens is 178 g/mol. The third-order valence-corrected chi connectivity index (χ3v) is 2.53. The number of nitrogens with zero attached hydrogens (tertiary/aromatic N) is 1. The molecule has 1 aliphatic rings. The molecule has 0 aromatic heterocycles. The maximum absolute atomic E-state index is 11.5. The number of ether oxygens (including phenoxy) is 1. The number of cyclic esters (lactones) is 1. The van der Waals surface area contributed by atoms with Gasteiger partial charge in [0.2, 0.25) is 0 Å². The highest BCUT2D eigenvalue weighted by Crippen LogP contribution is 2.37. The summed E-state index contributed by atoms with van der Waals surface area (Å²) in [7, 11) is 1.72. The highest BCUT2D eigenvalue weighted by Gasteiger charge is 2.35. The zero-order chi connectivity index (χ0) is 10.3. The summed E-state index contributed by atoms with van der Waals surface area (Å²) >= 11 is 0. The maximum atomic E-state index is 11.5. The van der Waals surface area contributed by atoms with Crippen molar-refractivity contribution in [3.8, 4) is 0 Å². The summed E-state index contributed by atoms with van der Waals surface area (Å²) in [6, 6.07) is 7.79. The van der Waals surface area contributed by atoms with Gasteiger partial charge in [-0.3, -0.25) is 4.90 Å². The number of fused-ring (bicyclic) bond motifs is 1. The number of hydrogen-bond donors (Lipinski definition) is 0. The summed E-state index contributed by atoms with van der Waals surface area (Å²) in [5, 5.41) is 0. The molecular formula is C11H13NO2. The minimum atomic E-state index is -0.528. The predicted octanol–water partition coefficient (Wildman–Crippen LogP) is 2.51. The summed E-state index contributed by atoms with van der Waals surface area (Å²) in [5.41, 5.74) is 1.44. The van der Waals surface area contributed by atoms with E-state index in [0.717, 1.165) is 11.3 Å². The van der Waals surface area contributed by atoms with Crippen molar-refractivity contribution in [3.63, 3.8) is 0 Å². The molecule has 0 atom stereocenters. The first kappa shape index (κ1) is 9.06. The fraction of sp³-hybridized carbons (Fsp3) is 0.364. The van der Waals surface area contributed by atoms with E-state index in [-0.39, 0.29) is 6.09 Å². The molecule has 0 saturated carbocycles. The third-order valence-electron chi connectivity index (χ3n) is 2.53. The van der Waals surface area contributed by atoms with E-state index in [2.05, 4.69) is 0 Å². The zero-order valence-corrected chi connectivity index (χ0v) is 8.57. The zero-order valence-electron chi connectivity index (χ0n) is 8.57. The molecule has 0 fully saturated rings. The van der Waals surface area contributed by atoms with Crippen LogP contribution in [0.3, 0.4) is 0 Å². The lowest BCUT2D eigenvalue weighted by atomic mass is 9.94. The Balaban J connectivity index is 2.61. The first-order valence-corrected chi connectivity index (χ1v) is 4.58. The number of para-hydroxylation sites is 1.